The van der Waals surface area contributed by atoms with E-state index in [1.54, 1.807) is 19.9 Å². The molecule has 20 heavy (non-hydrogen) atoms. The summed E-state index contributed by atoms with van der Waals surface area (Å²) >= 11 is 0. The molecule has 0 radical (unpaired) electrons. The van der Waals surface area contributed by atoms with Crippen LogP contribution in [0.1, 0.15) is 25.3 Å². The highest BCUT2D eigenvalue weighted by atomic mass is 32.2. The summed E-state index contributed by atoms with van der Waals surface area (Å²) in [5.74, 6) is -0.630. The van der Waals surface area contributed by atoms with Crippen LogP contribution < -0.4 is 10.0 Å². The van der Waals surface area contributed by atoms with E-state index in [0.717, 1.165) is 0 Å². The molecule has 1 amide bonds. The summed E-state index contributed by atoms with van der Waals surface area (Å²) in [6.45, 7) is 3.57. The van der Waals surface area contributed by atoms with Crippen molar-refractivity contribution in [2.45, 2.75) is 24.7 Å². The van der Waals surface area contributed by atoms with Crippen molar-refractivity contribution in [2.24, 2.45) is 5.92 Å². The third kappa shape index (κ3) is 2.84. The number of rotatable bonds is 5. The smallest absolute Gasteiger partial charge is 0.240 e. The van der Waals surface area contributed by atoms with Gasteiger partial charge < -0.3 is 10.4 Å². The van der Waals surface area contributed by atoms with Gasteiger partial charge in [-0.15, -0.1) is 0 Å². The van der Waals surface area contributed by atoms with Crippen LogP contribution in [-0.4, -0.2) is 32.6 Å². The maximum Gasteiger partial charge on any atom is 0.240 e. The number of hydrogen-bond donors (Lipinski definition) is 3. The molecule has 0 bridgehead atoms. The largest absolute Gasteiger partial charge is 0.396 e. The Morgan fingerprint density at radius 3 is 2.80 bits per heavy atom. The molecule has 0 aromatic heterocycles. The van der Waals surface area contributed by atoms with Gasteiger partial charge >= 0.3 is 0 Å². The summed E-state index contributed by atoms with van der Waals surface area (Å²) in [5, 5.41) is 11.6. The van der Waals surface area contributed by atoms with Gasteiger partial charge in [-0.3, -0.25) is 4.79 Å². The van der Waals surface area contributed by atoms with Crippen LogP contribution in [0, 0.1) is 5.92 Å². The number of carbonyl (C=O) groups excluding carboxylic acids is 1. The van der Waals surface area contributed by atoms with Crippen molar-refractivity contribution in [1.82, 2.24) is 4.72 Å². The number of amides is 1. The summed E-state index contributed by atoms with van der Waals surface area (Å²) in [6.07, 6.45) is 0. The summed E-state index contributed by atoms with van der Waals surface area (Å²) in [4.78, 5) is 11.7. The number of aliphatic hydroxyl groups excluding tert-OH is 1. The van der Waals surface area contributed by atoms with Crippen LogP contribution in [0.5, 0.6) is 0 Å². The van der Waals surface area contributed by atoms with Gasteiger partial charge in [0.05, 0.1) is 10.8 Å². The number of aliphatic hydroxyl groups is 1. The van der Waals surface area contributed by atoms with E-state index in [2.05, 4.69) is 10.0 Å². The van der Waals surface area contributed by atoms with Gasteiger partial charge in [-0.05, 0) is 36.6 Å². The van der Waals surface area contributed by atoms with E-state index in [4.69, 9.17) is 5.11 Å². The Kier molecular flexibility index (Phi) is 4.12. The van der Waals surface area contributed by atoms with E-state index in [1.807, 2.05) is 0 Å². The second kappa shape index (κ2) is 5.51. The van der Waals surface area contributed by atoms with Crippen molar-refractivity contribution in [3.8, 4) is 0 Å². The van der Waals surface area contributed by atoms with Crippen molar-refractivity contribution in [3.63, 3.8) is 0 Å². The van der Waals surface area contributed by atoms with Crippen molar-refractivity contribution in [3.05, 3.63) is 23.8 Å². The van der Waals surface area contributed by atoms with Crippen LogP contribution in [0.2, 0.25) is 0 Å². The van der Waals surface area contributed by atoms with Crippen molar-refractivity contribution in [1.29, 1.82) is 0 Å². The summed E-state index contributed by atoms with van der Waals surface area (Å²) in [6, 6.07) is 4.58. The molecule has 3 N–H and O–H groups in total. The SMILES string of the molecule is CC(CO)CNS(=O)(=O)c1ccc2c(c1)C(C)C(=O)N2. The lowest BCUT2D eigenvalue weighted by molar-refractivity contribution is -0.116. The average molecular weight is 298 g/mol. The maximum atomic E-state index is 12.1. The first-order valence-corrected chi connectivity index (χ1v) is 7.89. The molecule has 0 saturated carbocycles. The molecule has 0 aliphatic carbocycles. The number of benzene rings is 1. The molecule has 1 aliphatic rings. The van der Waals surface area contributed by atoms with Crippen LogP contribution in [0.4, 0.5) is 5.69 Å². The van der Waals surface area contributed by atoms with E-state index >= 15 is 0 Å². The lowest BCUT2D eigenvalue weighted by atomic mass is 10.0. The Hall–Kier alpha value is -1.44. The molecule has 0 saturated heterocycles. The highest BCUT2D eigenvalue weighted by Crippen LogP contribution is 2.33. The molecule has 110 valence electrons. The lowest BCUT2D eigenvalue weighted by Crippen LogP contribution is -2.29. The zero-order valence-electron chi connectivity index (χ0n) is 11.4. The fraction of sp³-hybridized carbons (Fsp3) is 0.462. The van der Waals surface area contributed by atoms with Crippen LogP contribution >= 0.6 is 0 Å². The highest BCUT2D eigenvalue weighted by Gasteiger charge is 2.28. The molecular weight excluding hydrogens is 280 g/mol. The molecule has 1 aliphatic heterocycles. The van der Waals surface area contributed by atoms with E-state index in [1.165, 1.54) is 12.1 Å². The number of carbonyl (C=O) groups is 1. The predicted octanol–water partition coefficient (Wildman–Crippen LogP) is 0.649. The summed E-state index contributed by atoms with van der Waals surface area (Å²) in [7, 11) is -3.63. The lowest BCUT2D eigenvalue weighted by Gasteiger charge is -2.11. The van der Waals surface area contributed by atoms with Crippen LogP contribution in [0.25, 0.3) is 0 Å². The summed E-state index contributed by atoms with van der Waals surface area (Å²) < 4.78 is 26.7. The number of fused-ring (bicyclic) bond motifs is 1. The predicted molar refractivity (Wildman–Crippen MR) is 74.9 cm³/mol. The van der Waals surface area contributed by atoms with E-state index in [0.29, 0.717) is 11.3 Å². The molecule has 0 fully saturated rings. The third-order valence-corrected chi connectivity index (χ3v) is 4.81. The fourth-order valence-corrected chi connectivity index (χ4v) is 3.16. The minimum absolute atomic E-state index is 0.0812. The first kappa shape index (κ1) is 15.0. The summed E-state index contributed by atoms with van der Waals surface area (Å²) in [5.41, 5.74) is 1.35. The van der Waals surface area contributed by atoms with E-state index < -0.39 is 10.0 Å². The van der Waals surface area contributed by atoms with Crippen molar-refractivity contribution in [2.75, 3.05) is 18.5 Å². The normalized spacial score (nSPS) is 19.6. The van der Waals surface area contributed by atoms with Gasteiger partial charge in [0, 0.05) is 18.8 Å². The zero-order valence-corrected chi connectivity index (χ0v) is 12.2. The first-order chi connectivity index (χ1) is 9.35. The minimum Gasteiger partial charge on any atom is -0.396 e. The molecule has 2 rings (SSSR count). The molecule has 1 heterocycles. The maximum absolute atomic E-state index is 12.1. The average Bonchev–Trinajstić information content (AvgIpc) is 2.71. The Balaban J connectivity index is 2.24. The second-order valence-corrected chi connectivity index (χ2v) is 6.87. The molecule has 2 atom stereocenters. The standard InChI is InChI=1S/C13H18N2O4S/c1-8(7-16)6-14-20(18,19)10-3-4-12-11(5-10)9(2)13(17)15-12/h3-5,8-9,14,16H,6-7H2,1-2H3,(H,15,17). The van der Waals surface area contributed by atoms with Crippen molar-refractivity contribution < 1.29 is 18.3 Å². The zero-order chi connectivity index (χ0) is 14.9. The van der Waals surface area contributed by atoms with Gasteiger partial charge in [-0.25, -0.2) is 13.1 Å². The monoisotopic (exact) mass is 298 g/mol. The number of anilines is 1. The Labute approximate surface area is 118 Å². The Bertz CT molecular complexity index is 627. The van der Waals surface area contributed by atoms with Gasteiger partial charge in [0.15, 0.2) is 0 Å². The fourth-order valence-electron chi connectivity index (χ4n) is 1.96. The van der Waals surface area contributed by atoms with Gasteiger partial charge in [-0.1, -0.05) is 6.92 Å². The Morgan fingerprint density at radius 2 is 2.15 bits per heavy atom. The Morgan fingerprint density at radius 1 is 1.45 bits per heavy atom. The van der Waals surface area contributed by atoms with Gasteiger partial charge in [0.1, 0.15) is 0 Å². The molecule has 6 nitrogen and oxygen atoms in total. The molecule has 1 aromatic carbocycles. The number of hydrogen-bond acceptors (Lipinski definition) is 4. The highest BCUT2D eigenvalue weighted by molar-refractivity contribution is 7.89. The third-order valence-electron chi connectivity index (χ3n) is 3.38. The topological polar surface area (TPSA) is 95.5 Å². The van der Waals surface area contributed by atoms with E-state index in [9.17, 15) is 13.2 Å². The molecular formula is C13H18N2O4S. The van der Waals surface area contributed by atoms with Gasteiger partial charge in [-0.2, -0.15) is 0 Å². The number of sulfonamides is 1. The van der Waals surface area contributed by atoms with Crippen LogP contribution in [-0.2, 0) is 14.8 Å². The molecule has 1 aromatic rings. The quantitative estimate of drug-likeness (QED) is 0.743. The minimum atomic E-state index is -3.63. The van der Waals surface area contributed by atoms with Gasteiger partial charge in [0.2, 0.25) is 15.9 Å². The second-order valence-electron chi connectivity index (χ2n) is 5.10. The van der Waals surface area contributed by atoms with Crippen LogP contribution in [0.3, 0.4) is 0 Å². The van der Waals surface area contributed by atoms with E-state index in [-0.39, 0.29) is 35.8 Å². The molecule has 2 unspecified atom stereocenters. The van der Waals surface area contributed by atoms with Crippen LogP contribution in [0.15, 0.2) is 23.1 Å². The first-order valence-electron chi connectivity index (χ1n) is 6.40. The number of nitrogens with one attached hydrogen (secondary N) is 2. The molecule has 7 heteroatoms. The molecule has 0 spiro atoms. The van der Waals surface area contributed by atoms with Crippen molar-refractivity contribution >= 4 is 21.6 Å². The van der Waals surface area contributed by atoms with Gasteiger partial charge in [0.25, 0.3) is 0 Å².